The number of fused-ring (bicyclic) bond motifs is 7. The molecule has 10 aromatic carbocycles. The minimum absolute atomic E-state index is 0.192. The van der Waals surface area contributed by atoms with Gasteiger partial charge in [-0.2, -0.15) is 0 Å². The van der Waals surface area contributed by atoms with Gasteiger partial charge in [0.05, 0.1) is 44.0 Å². The van der Waals surface area contributed by atoms with Crippen LogP contribution in [0.5, 0.6) is 0 Å². The van der Waals surface area contributed by atoms with Crippen LogP contribution in [0.1, 0.15) is 32.9 Å². The molecule has 0 atom stereocenters. The molecule has 0 unspecified atom stereocenters. The van der Waals surface area contributed by atoms with Crippen molar-refractivity contribution in [2.45, 2.75) is 0 Å². The summed E-state index contributed by atoms with van der Waals surface area (Å²) in [6, 6.07) is -1.50. The van der Waals surface area contributed by atoms with Gasteiger partial charge in [0.25, 0.3) is 0 Å². The molecule has 262 valence electrons. The number of anilines is 3. The SMILES string of the molecule is [2H]c1c([2H])c(N(c2c([2H])c([2H])c(-c3c([2H])c([2H])c([2H])c4c([2H])c([2H])c([2H])c([2H])c34)c([2H])c2[2H])c2c([2H])c([2H])c([2H])c3oc4c5c([2H])c([2H])c([2H])c([2H])c5c([2H])c([2H])c4c23)c([2H])c([2H])c1-c1cccc(-c2cccc3ccccc23)c1. The molecule has 2 heteroatoms. The largest absolute Gasteiger partial charge is 0.455 e. The lowest BCUT2D eigenvalue weighted by atomic mass is 9.95. The second-order valence-corrected chi connectivity index (χ2v) is 12.6. The van der Waals surface area contributed by atoms with Crippen LogP contribution in [-0.2, 0) is 0 Å². The summed E-state index contributed by atoms with van der Waals surface area (Å²) >= 11 is 0. The smallest absolute Gasteiger partial charge is 0.143 e. The molecule has 0 bridgehead atoms. The molecule has 11 rings (SSSR count). The van der Waals surface area contributed by atoms with E-state index in [1.807, 2.05) is 42.5 Å². The van der Waals surface area contributed by atoms with Crippen LogP contribution in [0.25, 0.3) is 87.6 Å². The van der Waals surface area contributed by atoms with Gasteiger partial charge in [-0.25, -0.2) is 0 Å². The molecule has 2 nitrogen and oxygen atoms in total. The molecule has 1 aromatic heterocycles. The molecule has 11 aromatic rings. The number of hydrogen-bond acceptors (Lipinski definition) is 2. The van der Waals surface area contributed by atoms with Crippen LogP contribution >= 0.6 is 0 Å². The molecule has 0 amide bonds. The minimum Gasteiger partial charge on any atom is -0.455 e. The Morgan fingerprint density at radius 2 is 1.05 bits per heavy atom. The quantitative estimate of drug-likeness (QED) is 0.169. The third kappa shape index (κ3) is 5.34. The highest BCUT2D eigenvalue weighted by Gasteiger charge is 2.21. The van der Waals surface area contributed by atoms with E-state index in [1.165, 1.54) is 0 Å². The highest BCUT2D eigenvalue weighted by Crippen LogP contribution is 2.45. The standard InChI is InChI=1S/C54H35NO/c1-4-18-45-37(11-1)14-8-21-47(45)40-27-32-44(33-28-40)55(51-23-10-24-52-53(51)50-34-29-39-13-3-6-20-49(39)54(50)56-52)43-30-25-36(26-31-43)41-16-7-17-42(35-41)48-22-9-15-38-12-2-5-19-46(38)48/h1-35H/i1D,3D,4D,6D,8D,10D,11D,13D,14D,18D,20D,21D,23D,24D,25D,26D,27D,28D,29D,30D,31D,32D,33D,34D. The fourth-order valence-corrected chi connectivity index (χ4v) is 6.88. The zero-order valence-corrected chi connectivity index (χ0v) is 28.7. The summed E-state index contributed by atoms with van der Waals surface area (Å²) < 4.78 is 226. The van der Waals surface area contributed by atoms with Gasteiger partial charge in [-0.05, 0) is 109 Å². The van der Waals surface area contributed by atoms with Gasteiger partial charge in [0.1, 0.15) is 11.2 Å². The minimum atomic E-state index is -1.15. The first-order valence-electron chi connectivity index (χ1n) is 29.2. The highest BCUT2D eigenvalue weighted by atomic mass is 16.3. The predicted octanol–water partition coefficient (Wildman–Crippen LogP) is 15.5. The van der Waals surface area contributed by atoms with E-state index in [2.05, 4.69) is 0 Å². The van der Waals surface area contributed by atoms with E-state index in [1.54, 1.807) is 24.3 Å². The lowest BCUT2D eigenvalue weighted by Gasteiger charge is -2.27. The molecule has 0 spiro atoms. The summed E-state index contributed by atoms with van der Waals surface area (Å²) in [5, 5.41) is -1.47. The van der Waals surface area contributed by atoms with Crippen molar-refractivity contribution in [2.75, 3.05) is 4.90 Å². The van der Waals surface area contributed by atoms with Crippen molar-refractivity contribution in [2.24, 2.45) is 0 Å². The molecule has 0 saturated carbocycles. The van der Waals surface area contributed by atoms with E-state index >= 15 is 0 Å². The topological polar surface area (TPSA) is 16.4 Å². The number of benzene rings is 10. The van der Waals surface area contributed by atoms with E-state index in [9.17, 15) is 13.7 Å². The molecule has 0 aliphatic rings. The van der Waals surface area contributed by atoms with Crippen molar-refractivity contribution in [3.63, 3.8) is 0 Å². The summed E-state index contributed by atoms with van der Waals surface area (Å²) in [5.41, 5.74) is -4.15. The van der Waals surface area contributed by atoms with Crippen LogP contribution in [0.3, 0.4) is 0 Å². The van der Waals surface area contributed by atoms with E-state index in [4.69, 9.17) is 23.6 Å². The second kappa shape index (κ2) is 13.2. The van der Waals surface area contributed by atoms with E-state index in [0.717, 1.165) is 16.3 Å². The highest BCUT2D eigenvalue weighted by molar-refractivity contribution is 6.19. The average molecular weight is 738 g/mol. The molecule has 1 heterocycles. The van der Waals surface area contributed by atoms with E-state index in [-0.39, 0.29) is 11.1 Å². The van der Waals surface area contributed by atoms with Crippen molar-refractivity contribution >= 4 is 71.3 Å². The fourth-order valence-electron chi connectivity index (χ4n) is 6.88. The van der Waals surface area contributed by atoms with Gasteiger partial charge in [-0.15, -0.1) is 0 Å². The van der Waals surface area contributed by atoms with Gasteiger partial charge in [-0.1, -0.05) is 163 Å². The molecule has 0 saturated heterocycles. The van der Waals surface area contributed by atoms with Crippen LogP contribution < -0.4 is 4.90 Å². The zero-order valence-electron chi connectivity index (χ0n) is 52.7. The Labute approximate surface area is 358 Å². The Balaban J connectivity index is 1.30. The maximum Gasteiger partial charge on any atom is 0.143 e. The Morgan fingerprint density at radius 1 is 0.393 bits per heavy atom. The van der Waals surface area contributed by atoms with Crippen molar-refractivity contribution < 1.29 is 37.3 Å². The van der Waals surface area contributed by atoms with Crippen LogP contribution in [0.4, 0.5) is 17.1 Å². The van der Waals surface area contributed by atoms with Crippen molar-refractivity contribution in [3.8, 4) is 33.4 Å². The van der Waals surface area contributed by atoms with Gasteiger partial charge in [0.15, 0.2) is 0 Å². The molecule has 0 aliphatic carbocycles. The first kappa shape index (κ1) is 16.1. The number of nitrogens with zero attached hydrogens (tertiary/aromatic N) is 1. The third-order valence-electron chi connectivity index (χ3n) is 9.44. The van der Waals surface area contributed by atoms with Crippen molar-refractivity contribution in [3.05, 3.63) is 212 Å². The summed E-state index contributed by atoms with van der Waals surface area (Å²) in [6.07, 6.45) is 0. The van der Waals surface area contributed by atoms with E-state index < -0.39 is 217 Å². The lowest BCUT2D eigenvalue weighted by Crippen LogP contribution is -2.10. The van der Waals surface area contributed by atoms with Crippen molar-refractivity contribution in [1.82, 2.24) is 0 Å². The van der Waals surface area contributed by atoms with Gasteiger partial charge in [0, 0.05) is 22.1 Å². The summed E-state index contributed by atoms with van der Waals surface area (Å²) in [4.78, 5) is 0.598. The normalized spacial score (nSPS) is 17.6. The third-order valence-corrected chi connectivity index (χ3v) is 9.44. The Kier molecular flexibility index (Phi) is 3.79. The monoisotopic (exact) mass is 737 g/mol. The van der Waals surface area contributed by atoms with Crippen molar-refractivity contribution in [1.29, 1.82) is 0 Å². The molecule has 0 N–H and O–H groups in total. The second-order valence-electron chi connectivity index (χ2n) is 12.6. The maximum absolute atomic E-state index is 9.82. The molecular formula is C54H35NO. The fraction of sp³-hybridized carbons (Fsp3) is 0. The lowest BCUT2D eigenvalue weighted by molar-refractivity contribution is 0.672. The van der Waals surface area contributed by atoms with Gasteiger partial charge < -0.3 is 9.32 Å². The molecule has 56 heavy (non-hydrogen) atoms. The molecular weight excluding hydrogens is 679 g/mol. The number of furan rings is 1. The summed E-state index contributed by atoms with van der Waals surface area (Å²) in [5.74, 6) is 0. The molecule has 0 fully saturated rings. The molecule has 0 radical (unpaired) electrons. The average Bonchev–Trinajstić information content (AvgIpc) is 3.85. The number of rotatable bonds is 6. The first-order valence-corrected chi connectivity index (χ1v) is 17.2. The predicted molar refractivity (Wildman–Crippen MR) is 237 cm³/mol. The Hall–Kier alpha value is -7.42. The summed E-state index contributed by atoms with van der Waals surface area (Å²) in [7, 11) is 0. The van der Waals surface area contributed by atoms with Crippen LogP contribution in [-0.4, -0.2) is 0 Å². The van der Waals surface area contributed by atoms with Gasteiger partial charge >= 0.3 is 0 Å². The Morgan fingerprint density at radius 3 is 1.89 bits per heavy atom. The maximum atomic E-state index is 9.82. The van der Waals surface area contributed by atoms with Crippen LogP contribution in [0.15, 0.2) is 216 Å². The van der Waals surface area contributed by atoms with Crippen LogP contribution in [0.2, 0.25) is 0 Å². The van der Waals surface area contributed by atoms with Gasteiger partial charge in [-0.3, -0.25) is 0 Å². The van der Waals surface area contributed by atoms with E-state index in [0.29, 0.717) is 10.5 Å². The molecule has 0 aliphatic heterocycles. The zero-order chi connectivity index (χ0) is 57.9. The van der Waals surface area contributed by atoms with Crippen LogP contribution in [0, 0.1) is 0 Å². The summed E-state index contributed by atoms with van der Waals surface area (Å²) in [6.45, 7) is 0. The Bertz CT molecular complexity index is 4600. The first-order chi connectivity index (χ1) is 37.8. The van der Waals surface area contributed by atoms with Gasteiger partial charge in [0.2, 0.25) is 0 Å². The number of hydrogen-bond donors (Lipinski definition) is 0.